The summed E-state index contributed by atoms with van der Waals surface area (Å²) in [5, 5.41) is 10.7. The average molecular weight is 175 g/mol. The van der Waals surface area contributed by atoms with E-state index in [2.05, 4.69) is 12.6 Å². The first-order chi connectivity index (χ1) is 5.21. The van der Waals surface area contributed by atoms with Crippen molar-refractivity contribution in [2.75, 3.05) is 5.75 Å². The normalized spacial score (nSPS) is 23.0. The quantitative estimate of drug-likeness (QED) is 0.395. The Morgan fingerprint density at radius 2 is 1.91 bits per heavy atom. The lowest BCUT2D eigenvalue weighted by Gasteiger charge is -2.27. The van der Waals surface area contributed by atoms with Crippen LogP contribution in [0, 0.1) is 10.1 Å². The molecule has 0 aromatic carbocycles. The molecule has 4 heteroatoms. The largest absolute Gasteiger partial charge is 0.264 e. The zero-order valence-corrected chi connectivity index (χ0v) is 7.35. The lowest BCUT2D eigenvalue weighted by atomic mass is 9.84. The van der Waals surface area contributed by atoms with Gasteiger partial charge in [0.2, 0.25) is 5.54 Å². The first kappa shape index (κ1) is 8.84. The van der Waals surface area contributed by atoms with Gasteiger partial charge < -0.3 is 0 Å². The van der Waals surface area contributed by atoms with Crippen LogP contribution in [0.4, 0.5) is 0 Å². The van der Waals surface area contributed by atoms with Gasteiger partial charge in [-0.15, -0.1) is 0 Å². The lowest BCUT2D eigenvalue weighted by molar-refractivity contribution is -0.568. The highest BCUT2D eigenvalue weighted by Crippen LogP contribution is 2.31. The lowest BCUT2D eigenvalue weighted by Crippen LogP contribution is -2.42. The minimum absolute atomic E-state index is 0.140. The molecular weight excluding hydrogens is 162 g/mol. The minimum atomic E-state index is -0.693. The van der Waals surface area contributed by atoms with Gasteiger partial charge in [-0.25, -0.2) is 0 Å². The van der Waals surface area contributed by atoms with E-state index in [1.54, 1.807) is 0 Å². The van der Waals surface area contributed by atoms with Gasteiger partial charge in [0, 0.05) is 17.8 Å². The van der Waals surface area contributed by atoms with Crippen LogP contribution in [0.15, 0.2) is 0 Å². The van der Waals surface area contributed by atoms with E-state index in [9.17, 15) is 10.1 Å². The Balaban J connectivity index is 2.64. The third kappa shape index (κ3) is 1.67. The third-order valence-electron chi connectivity index (χ3n) is 2.47. The van der Waals surface area contributed by atoms with Crippen molar-refractivity contribution >= 4 is 12.6 Å². The molecule has 1 aliphatic rings. The van der Waals surface area contributed by atoms with E-state index in [0.29, 0.717) is 18.6 Å². The van der Waals surface area contributed by atoms with Gasteiger partial charge in [-0.1, -0.05) is 6.42 Å². The topological polar surface area (TPSA) is 43.1 Å². The molecule has 0 N–H and O–H groups in total. The Labute approximate surface area is 71.7 Å². The van der Waals surface area contributed by atoms with Gasteiger partial charge in [-0.3, -0.25) is 10.1 Å². The molecule has 1 rings (SSSR count). The molecule has 11 heavy (non-hydrogen) atoms. The molecule has 64 valence electrons. The fourth-order valence-electron chi connectivity index (χ4n) is 1.61. The van der Waals surface area contributed by atoms with E-state index in [-0.39, 0.29) is 4.92 Å². The number of hydrogen-bond acceptors (Lipinski definition) is 3. The van der Waals surface area contributed by atoms with Crippen LogP contribution >= 0.6 is 12.6 Å². The molecule has 3 nitrogen and oxygen atoms in total. The molecule has 0 aromatic heterocycles. The SMILES string of the molecule is O=[N+]([O-])C1(CS)CCCCC1. The fourth-order valence-corrected chi connectivity index (χ4v) is 2.04. The number of rotatable bonds is 2. The van der Waals surface area contributed by atoms with Crippen LogP contribution < -0.4 is 0 Å². The zero-order valence-electron chi connectivity index (χ0n) is 6.45. The van der Waals surface area contributed by atoms with Crippen molar-refractivity contribution in [1.29, 1.82) is 0 Å². The van der Waals surface area contributed by atoms with E-state index in [1.807, 2.05) is 0 Å². The molecule has 1 aliphatic carbocycles. The Hall–Kier alpha value is -0.250. The van der Waals surface area contributed by atoms with Gasteiger partial charge in [0.05, 0.1) is 5.75 Å². The fraction of sp³-hybridized carbons (Fsp3) is 1.00. The maximum Gasteiger partial charge on any atom is 0.230 e. The van der Waals surface area contributed by atoms with Crippen molar-refractivity contribution in [2.45, 2.75) is 37.6 Å². The summed E-state index contributed by atoms with van der Waals surface area (Å²) in [6.07, 6.45) is 4.54. The van der Waals surface area contributed by atoms with Gasteiger partial charge in [0.25, 0.3) is 0 Å². The highest BCUT2D eigenvalue weighted by Gasteiger charge is 2.42. The van der Waals surface area contributed by atoms with E-state index >= 15 is 0 Å². The smallest absolute Gasteiger partial charge is 0.230 e. The van der Waals surface area contributed by atoms with Crippen molar-refractivity contribution in [1.82, 2.24) is 0 Å². The van der Waals surface area contributed by atoms with Crippen molar-refractivity contribution < 1.29 is 4.92 Å². The second kappa shape index (κ2) is 3.43. The first-order valence-electron chi connectivity index (χ1n) is 3.97. The minimum Gasteiger partial charge on any atom is -0.264 e. The Morgan fingerprint density at radius 3 is 2.18 bits per heavy atom. The van der Waals surface area contributed by atoms with Gasteiger partial charge in [0.1, 0.15) is 0 Å². The molecule has 0 amide bonds. The Bertz CT molecular complexity index is 155. The maximum absolute atomic E-state index is 10.7. The standard InChI is InChI=1S/C7H13NO2S/c9-8(10)7(6-11)4-2-1-3-5-7/h11H,1-6H2. The molecule has 0 heterocycles. The van der Waals surface area contributed by atoms with Gasteiger partial charge in [-0.2, -0.15) is 12.6 Å². The van der Waals surface area contributed by atoms with Crippen LogP contribution in [0.2, 0.25) is 0 Å². The molecule has 0 spiro atoms. The summed E-state index contributed by atoms with van der Waals surface area (Å²) < 4.78 is 0. The van der Waals surface area contributed by atoms with Crippen LogP contribution in [0.5, 0.6) is 0 Å². The van der Waals surface area contributed by atoms with E-state index < -0.39 is 5.54 Å². The first-order valence-corrected chi connectivity index (χ1v) is 4.60. The second-order valence-corrected chi connectivity index (χ2v) is 3.52. The molecule has 0 aliphatic heterocycles. The van der Waals surface area contributed by atoms with Crippen LogP contribution in [0.1, 0.15) is 32.1 Å². The molecular formula is C7H13NO2S. The average Bonchev–Trinajstić information content (AvgIpc) is 2.05. The number of nitrogens with zero attached hydrogens (tertiary/aromatic N) is 1. The summed E-state index contributed by atoms with van der Waals surface area (Å²) in [6, 6.07) is 0. The maximum atomic E-state index is 10.7. The predicted molar refractivity (Wildman–Crippen MR) is 46.7 cm³/mol. The van der Waals surface area contributed by atoms with Crippen LogP contribution in [0.3, 0.4) is 0 Å². The van der Waals surface area contributed by atoms with Crippen LogP contribution in [0.25, 0.3) is 0 Å². The predicted octanol–water partition coefficient (Wildman–Crippen LogP) is 1.90. The Kier molecular flexibility index (Phi) is 2.76. The summed E-state index contributed by atoms with van der Waals surface area (Å²) in [5.41, 5.74) is -0.693. The molecule has 0 atom stereocenters. The van der Waals surface area contributed by atoms with Crippen LogP contribution in [-0.2, 0) is 0 Å². The number of thiol groups is 1. The molecule has 0 aromatic rings. The van der Waals surface area contributed by atoms with Gasteiger partial charge in [-0.05, 0) is 12.8 Å². The summed E-state index contributed by atoms with van der Waals surface area (Å²) in [6.45, 7) is 0. The van der Waals surface area contributed by atoms with Crippen LogP contribution in [-0.4, -0.2) is 16.2 Å². The molecule has 0 saturated heterocycles. The highest BCUT2D eigenvalue weighted by atomic mass is 32.1. The molecule has 0 unspecified atom stereocenters. The van der Waals surface area contributed by atoms with Crippen molar-refractivity contribution in [2.24, 2.45) is 0 Å². The van der Waals surface area contributed by atoms with Gasteiger partial charge in [0.15, 0.2) is 0 Å². The van der Waals surface area contributed by atoms with Gasteiger partial charge >= 0.3 is 0 Å². The highest BCUT2D eigenvalue weighted by molar-refractivity contribution is 7.80. The summed E-state index contributed by atoms with van der Waals surface area (Å²) in [4.78, 5) is 10.5. The molecule has 1 fully saturated rings. The van der Waals surface area contributed by atoms with Crippen molar-refractivity contribution in [3.8, 4) is 0 Å². The molecule has 0 bridgehead atoms. The third-order valence-corrected chi connectivity index (χ3v) is 3.05. The summed E-state index contributed by atoms with van der Waals surface area (Å²) >= 11 is 4.05. The second-order valence-electron chi connectivity index (χ2n) is 3.20. The molecule has 0 radical (unpaired) electrons. The number of hydrogen-bond donors (Lipinski definition) is 1. The summed E-state index contributed by atoms with van der Waals surface area (Å²) in [7, 11) is 0. The monoisotopic (exact) mass is 175 g/mol. The van der Waals surface area contributed by atoms with Crippen molar-refractivity contribution in [3.05, 3.63) is 10.1 Å². The van der Waals surface area contributed by atoms with E-state index in [4.69, 9.17) is 0 Å². The summed E-state index contributed by atoms with van der Waals surface area (Å²) in [5.74, 6) is 0.389. The Morgan fingerprint density at radius 1 is 1.36 bits per heavy atom. The van der Waals surface area contributed by atoms with E-state index in [0.717, 1.165) is 19.3 Å². The zero-order chi connectivity index (χ0) is 8.32. The van der Waals surface area contributed by atoms with E-state index in [1.165, 1.54) is 0 Å². The number of nitro groups is 1. The molecule has 1 saturated carbocycles. The van der Waals surface area contributed by atoms with Crippen molar-refractivity contribution in [3.63, 3.8) is 0 Å².